The summed E-state index contributed by atoms with van der Waals surface area (Å²) in [5, 5.41) is 6.64. The van der Waals surface area contributed by atoms with Crippen LogP contribution in [0.1, 0.15) is 31.2 Å². The summed E-state index contributed by atoms with van der Waals surface area (Å²) in [6.07, 6.45) is 4.68. The third-order valence-electron chi connectivity index (χ3n) is 5.37. The van der Waals surface area contributed by atoms with E-state index in [9.17, 15) is 4.79 Å². The van der Waals surface area contributed by atoms with Gasteiger partial charge in [-0.25, -0.2) is 0 Å². The number of benzene rings is 1. The van der Waals surface area contributed by atoms with Crippen LogP contribution in [-0.2, 0) is 11.3 Å². The summed E-state index contributed by atoms with van der Waals surface area (Å²) in [7, 11) is 4.07. The van der Waals surface area contributed by atoms with Gasteiger partial charge in [0.15, 0.2) is 0 Å². The molecule has 2 fully saturated rings. The van der Waals surface area contributed by atoms with Gasteiger partial charge in [0.1, 0.15) is 0 Å². The van der Waals surface area contributed by atoms with Gasteiger partial charge in [-0.15, -0.1) is 0 Å². The predicted octanol–water partition coefficient (Wildman–Crippen LogP) is 2.15. The highest BCUT2D eigenvalue weighted by Gasteiger charge is 2.49. The van der Waals surface area contributed by atoms with Crippen LogP contribution in [0.5, 0.6) is 0 Å². The van der Waals surface area contributed by atoms with E-state index in [2.05, 4.69) is 39.8 Å². The van der Waals surface area contributed by atoms with Crippen molar-refractivity contribution < 1.29 is 4.79 Å². The van der Waals surface area contributed by atoms with Crippen LogP contribution >= 0.6 is 0 Å². The average Bonchev–Trinajstić information content (AvgIpc) is 2.98. The zero-order valence-electron chi connectivity index (χ0n) is 13.7. The summed E-state index contributed by atoms with van der Waals surface area (Å²) in [4.78, 5) is 14.9. The lowest BCUT2D eigenvalue weighted by Crippen LogP contribution is -2.47. The maximum absolute atomic E-state index is 12.8. The molecule has 1 aliphatic heterocycles. The van der Waals surface area contributed by atoms with Crippen molar-refractivity contribution in [2.24, 2.45) is 11.3 Å². The van der Waals surface area contributed by atoms with Gasteiger partial charge in [0, 0.05) is 32.9 Å². The Morgan fingerprint density at radius 1 is 1.41 bits per heavy atom. The van der Waals surface area contributed by atoms with Crippen LogP contribution in [0.3, 0.4) is 0 Å². The molecule has 1 aliphatic carbocycles. The minimum Gasteiger partial charge on any atom is -0.378 e. The van der Waals surface area contributed by atoms with Crippen LogP contribution in [0.2, 0.25) is 0 Å². The van der Waals surface area contributed by atoms with Crippen molar-refractivity contribution in [3.63, 3.8) is 0 Å². The van der Waals surface area contributed by atoms with Crippen molar-refractivity contribution in [3.8, 4) is 0 Å². The van der Waals surface area contributed by atoms with E-state index in [1.807, 2.05) is 14.1 Å². The summed E-state index contributed by atoms with van der Waals surface area (Å²) in [6, 6.07) is 8.36. The molecule has 1 saturated heterocycles. The lowest BCUT2D eigenvalue weighted by atomic mass is 9.67. The van der Waals surface area contributed by atoms with E-state index >= 15 is 0 Å². The monoisotopic (exact) mass is 301 g/mol. The van der Waals surface area contributed by atoms with E-state index in [1.165, 1.54) is 24.9 Å². The lowest BCUT2D eigenvalue weighted by molar-refractivity contribution is -0.134. The molecule has 4 nitrogen and oxygen atoms in total. The SMILES string of the molecule is CN(C)c1cccc(CNC(=O)[C@@]23CCCC[C@H]2CNC3)c1. The molecule has 0 bridgehead atoms. The average molecular weight is 301 g/mol. The van der Waals surface area contributed by atoms with Gasteiger partial charge in [-0.3, -0.25) is 4.79 Å². The normalized spacial score (nSPS) is 27.3. The van der Waals surface area contributed by atoms with Gasteiger partial charge >= 0.3 is 0 Å². The Labute approximate surface area is 133 Å². The van der Waals surface area contributed by atoms with E-state index < -0.39 is 0 Å². The minimum atomic E-state index is -0.155. The summed E-state index contributed by atoms with van der Waals surface area (Å²) in [5.41, 5.74) is 2.18. The number of nitrogens with one attached hydrogen (secondary N) is 2. The highest BCUT2D eigenvalue weighted by Crippen LogP contribution is 2.43. The minimum absolute atomic E-state index is 0.155. The first-order valence-electron chi connectivity index (χ1n) is 8.37. The van der Waals surface area contributed by atoms with Gasteiger partial charge in [0.25, 0.3) is 0 Å². The molecule has 2 N–H and O–H groups in total. The molecule has 1 heterocycles. The summed E-state index contributed by atoms with van der Waals surface area (Å²) < 4.78 is 0. The number of hydrogen-bond acceptors (Lipinski definition) is 3. The molecule has 0 aromatic heterocycles. The number of fused-ring (bicyclic) bond motifs is 1. The lowest BCUT2D eigenvalue weighted by Gasteiger charge is -2.37. The summed E-state index contributed by atoms with van der Waals surface area (Å²) in [5.74, 6) is 0.770. The van der Waals surface area contributed by atoms with Crippen LogP contribution in [0.15, 0.2) is 24.3 Å². The van der Waals surface area contributed by atoms with Gasteiger partial charge in [-0.2, -0.15) is 0 Å². The predicted molar refractivity (Wildman–Crippen MR) is 89.9 cm³/mol. The maximum Gasteiger partial charge on any atom is 0.228 e. The van der Waals surface area contributed by atoms with Crippen molar-refractivity contribution in [2.75, 3.05) is 32.1 Å². The fourth-order valence-electron chi connectivity index (χ4n) is 3.99. The zero-order valence-corrected chi connectivity index (χ0v) is 13.7. The quantitative estimate of drug-likeness (QED) is 0.895. The zero-order chi connectivity index (χ0) is 15.6. The number of rotatable bonds is 4. The van der Waals surface area contributed by atoms with Gasteiger partial charge < -0.3 is 15.5 Å². The highest BCUT2D eigenvalue weighted by molar-refractivity contribution is 5.83. The smallest absolute Gasteiger partial charge is 0.228 e. The first-order valence-corrected chi connectivity index (χ1v) is 8.37. The van der Waals surface area contributed by atoms with Crippen molar-refractivity contribution in [2.45, 2.75) is 32.2 Å². The molecular weight excluding hydrogens is 274 g/mol. The third-order valence-corrected chi connectivity index (χ3v) is 5.37. The molecule has 3 rings (SSSR count). The van der Waals surface area contributed by atoms with Gasteiger partial charge in [0.2, 0.25) is 5.91 Å². The van der Waals surface area contributed by atoms with E-state index in [4.69, 9.17) is 0 Å². The molecule has 2 atom stereocenters. The standard InChI is InChI=1S/C18H27N3O/c1-21(2)16-8-5-6-14(10-16)11-20-17(22)18-9-4-3-7-15(18)12-19-13-18/h5-6,8,10,15,19H,3-4,7,9,11-13H2,1-2H3,(H,20,22)/t15-,18+/m0/s1. The molecule has 4 heteroatoms. The Bertz CT molecular complexity index is 543. The van der Waals surface area contributed by atoms with Gasteiger partial charge in [-0.1, -0.05) is 25.0 Å². The fraction of sp³-hybridized carbons (Fsp3) is 0.611. The first kappa shape index (κ1) is 15.3. The number of carbonyl (C=O) groups excluding carboxylic acids is 1. The molecule has 1 aromatic carbocycles. The number of amides is 1. The third kappa shape index (κ3) is 2.84. The Kier molecular flexibility index (Phi) is 4.39. The molecule has 1 saturated carbocycles. The Morgan fingerprint density at radius 3 is 3.09 bits per heavy atom. The Hall–Kier alpha value is -1.55. The second-order valence-electron chi connectivity index (χ2n) is 6.98. The van der Waals surface area contributed by atoms with Crippen LogP contribution < -0.4 is 15.5 Å². The van der Waals surface area contributed by atoms with E-state index in [0.29, 0.717) is 12.5 Å². The summed E-state index contributed by atoms with van der Waals surface area (Å²) >= 11 is 0. The van der Waals surface area contributed by atoms with Crippen LogP contribution in [-0.4, -0.2) is 33.1 Å². The van der Waals surface area contributed by atoms with Gasteiger partial charge in [-0.05, 0) is 43.0 Å². The second kappa shape index (κ2) is 6.29. The van der Waals surface area contributed by atoms with Crippen molar-refractivity contribution in [1.29, 1.82) is 0 Å². The number of hydrogen-bond donors (Lipinski definition) is 2. The number of carbonyl (C=O) groups is 1. The molecule has 0 radical (unpaired) electrons. The first-order chi connectivity index (χ1) is 10.6. The van der Waals surface area contributed by atoms with Crippen molar-refractivity contribution >= 4 is 11.6 Å². The molecule has 0 unspecified atom stereocenters. The Balaban J connectivity index is 1.66. The second-order valence-corrected chi connectivity index (χ2v) is 6.98. The molecule has 1 amide bonds. The fourth-order valence-corrected chi connectivity index (χ4v) is 3.99. The molecular formula is C18H27N3O. The highest BCUT2D eigenvalue weighted by atomic mass is 16.2. The van der Waals surface area contributed by atoms with E-state index in [-0.39, 0.29) is 11.3 Å². The van der Waals surface area contributed by atoms with Crippen molar-refractivity contribution in [3.05, 3.63) is 29.8 Å². The van der Waals surface area contributed by atoms with E-state index in [1.54, 1.807) is 0 Å². The molecule has 0 spiro atoms. The molecule has 120 valence electrons. The number of anilines is 1. The largest absolute Gasteiger partial charge is 0.378 e. The van der Waals surface area contributed by atoms with E-state index in [0.717, 1.165) is 25.1 Å². The Morgan fingerprint density at radius 2 is 2.27 bits per heavy atom. The maximum atomic E-state index is 12.8. The number of nitrogens with zero attached hydrogens (tertiary/aromatic N) is 1. The summed E-state index contributed by atoms with van der Waals surface area (Å²) in [6.45, 7) is 2.47. The molecule has 2 aliphatic rings. The molecule has 22 heavy (non-hydrogen) atoms. The molecule has 1 aromatic rings. The van der Waals surface area contributed by atoms with Crippen LogP contribution in [0.4, 0.5) is 5.69 Å². The van der Waals surface area contributed by atoms with Gasteiger partial charge in [0.05, 0.1) is 5.41 Å². The van der Waals surface area contributed by atoms with Crippen LogP contribution in [0, 0.1) is 11.3 Å². The van der Waals surface area contributed by atoms with Crippen LogP contribution in [0.25, 0.3) is 0 Å². The van der Waals surface area contributed by atoms with Crippen molar-refractivity contribution in [1.82, 2.24) is 10.6 Å². The topological polar surface area (TPSA) is 44.4 Å².